The Morgan fingerprint density at radius 2 is 2.11 bits per heavy atom. The van der Waals surface area contributed by atoms with Gasteiger partial charge < -0.3 is 5.32 Å². The minimum Gasteiger partial charge on any atom is -0.305 e. The lowest BCUT2D eigenvalue weighted by Gasteiger charge is -2.13. The SMILES string of the molecule is C[C@@H](NCc1c(F)ccc(Br)c1F)c1cccs1. The lowest BCUT2D eigenvalue weighted by molar-refractivity contribution is 0.509. The van der Waals surface area contributed by atoms with Gasteiger partial charge in [0, 0.05) is 23.0 Å². The van der Waals surface area contributed by atoms with Crippen molar-refractivity contribution in [1.82, 2.24) is 5.32 Å². The van der Waals surface area contributed by atoms with Crippen molar-refractivity contribution in [1.29, 1.82) is 0 Å². The van der Waals surface area contributed by atoms with Crippen LogP contribution in [0.2, 0.25) is 0 Å². The largest absolute Gasteiger partial charge is 0.305 e. The molecule has 2 aromatic rings. The monoisotopic (exact) mass is 331 g/mol. The fourth-order valence-corrected chi connectivity index (χ4v) is 2.75. The Labute approximate surface area is 117 Å². The Morgan fingerprint density at radius 1 is 1.33 bits per heavy atom. The molecule has 0 bridgehead atoms. The quantitative estimate of drug-likeness (QED) is 0.805. The number of halogens is 3. The van der Waals surface area contributed by atoms with Gasteiger partial charge in [-0.15, -0.1) is 11.3 Å². The van der Waals surface area contributed by atoms with Crippen LogP contribution in [0, 0.1) is 11.6 Å². The Kier molecular flexibility index (Phi) is 4.48. The van der Waals surface area contributed by atoms with E-state index in [0.29, 0.717) is 0 Å². The summed E-state index contributed by atoms with van der Waals surface area (Å²) in [6, 6.07) is 6.66. The minimum atomic E-state index is -0.541. The number of benzene rings is 1. The van der Waals surface area contributed by atoms with Gasteiger partial charge in [-0.2, -0.15) is 0 Å². The van der Waals surface area contributed by atoms with Gasteiger partial charge in [0.05, 0.1) is 4.47 Å². The summed E-state index contributed by atoms with van der Waals surface area (Å²) in [5.41, 5.74) is 0.0628. The molecule has 5 heteroatoms. The summed E-state index contributed by atoms with van der Waals surface area (Å²) in [5, 5.41) is 5.10. The van der Waals surface area contributed by atoms with Crippen LogP contribution in [0.1, 0.15) is 23.4 Å². The van der Waals surface area contributed by atoms with Crippen molar-refractivity contribution >= 4 is 27.3 Å². The van der Waals surface area contributed by atoms with Crippen LogP contribution in [0.4, 0.5) is 8.78 Å². The summed E-state index contributed by atoms with van der Waals surface area (Å²) >= 11 is 4.68. The molecule has 0 radical (unpaired) electrons. The molecule has 1 N–H and O–H groups in total. The first kappa shape index (κ1) is 13.6. The van der Waals surface area contributed by atoms with Crippen molar-refractivity contribution in [2.45, 2.75) is 19.5 Å². The normalized spacial score (nSPS) is 12.7. The summed E-state index contributed by atoms with van der Waals surface area (Å²) in [7, 11) is 0. The van der Waals surface area contributed by atoms with Gasteiger partial charge in [0.1, 0.15) is 11.6 Å². The smallest absolute Gasteiger partial charge is 0.144 e. The molecule has 18 heavy (non-hydrogen) atoms. The van der Waals surface area contributed by atoms with Crippen molar-refractivity contribution in [2.24, 2.45) is 0 Å². The zero-order valence-corrected chi connectivity index (χ0v) is 12.1. The molecule has 1 aromatic carbocycles. The van der Waals surface area contributed by atoms with E-state index < -0.39 is 11.6 Å². The molecule has 0 aliphatic rings. The number of hydrogen-bond acceptors (Lipinski definition) is 2. The first-order valence-corrected chi connectivity index (χ1v) is 7.16. The molecule has 1 aromatic heterocycles. The molecule has 0 saturated heterocycles. The highest BCUT2D eigenvalue weighted by atomic mass is 79.9. The third-order valence-electron chi connectivity index (χ3n) is 2.69. The predicted octanol–water partition coefficient (Wildman–Crippen LogP) is 4.64. The lowest BCUT2D eigenvalue weighted by Crippen LogP contribution is -2.19. The van der Waals surface area contributed by atoms with E-state index in [1.54, 1.807) is 11.3 Å². The van der Waals surface area contributed by atoms with Crippen LogP contribution in [0.25, 0.3) is 0 Å². The van der Waals surface area contributed by atoms with E-state index in [2.05, 4.69) is 21.2 Å². The highest BCUT2D eigenvalue weighted by Gasteiger charge is 2.13. The van der Waals surface area contributed by atoms with E-state index in [1.807, 2.05) is 24.4 Å². The molecular weight excluding hydrogens is 320 g/mol. The van der Waals surface area contributed by atoms with Crippen LogP contribution < -0.4 is 5.32 Å². The van der Waals surface area contributed by atoms with Gasteiger partial charge in [-0.3, -0.25) is 0 Å². The van der Waals surface area contributed by atoms with E-state index in [0.717, 1.165) is 4.88 Å². The van der Waals surface area contributed by atoms with E-state index in [-0.39, 0.29) is 22.6 Å². The molecule has 0 aliphatic heterocycles. The summed E-state index contributed by atoms with van der Waals surface area (Å²) < 4.78 is 27.5. The van der Waals surface area contributed by atoms with Gasteiger partial charge in [0.15, 0.2) is 0 Å². The van der Waals surface area contributed by atoms with Crippen molar-refractivity contribution < 1.29 is 8.78 Å². The van der Waals surface area contributed by atoms with Crippen LogP contribution in [0.15, 0.2) is 34.1 Å². The second-order valence-corrected chi connectivity index (χ2v) is 5.77. The van der Waals surface area contributed by atoms with E-state index in [4.69, 9.17) is 0 Å². The fourth-order valence-electron chi connectivity index (χ4n) is 1.62. The van der Waals surface area contributed by atoms with Gasteiger partial charge in [0.2, 0.25) is 0 Å². The number of hydrogen-bond donors (Lipinski definition) is 1. The van der Waals surface area contributed by atoms with E-state index in [1.165, 1.54) is 12.1 Å². The van der Waals surface area contributed by atoms with Crippen LogP contribution >= 0.6 is 27.3 Å². The first-order valence-electron chi connectivity index (χ1n) is 5.48. The minimum absolute atomic E-state index is 0.0628. The first-order chi connectivity index (χ1) is 8.59. The Balaban J connectivity index is 2.09. The molecule has 0 fully saturated rings. The van der Waals surface area contributed by atoms with Crippen molar-refractivity contribution in [3.63, 3.8) is 0 Å². The van der Waals surface area contributed by atoms with Gasteiger partial charge in [0.25, 0.3) is 0 Å². The summed E-state index contributed by atoms with van der Waals surface area (Å²) in [6.07, 6.45) is 0. The molecule has 0 aliphatic carbocycles. The molecule has 0 saturated carbocycles. The third kappa shape index (κ3) is 2.96. The van der Waals surface area contributed by atoms with Gasteiger partial charge in [-0.25, -0.2) is 8.78 Å². The molecule has 2 rings (SSSR count). The standard InChI is InChI=1S/C13H12BrF2NS/c1-8(12-3-2-6-18-12)17-7-9-11(15)5-4-10(14)13(9)16/h2-6,8,17H,7H2,1H3/t8-/m1/s1. The molecule has 1 nitrogen and oxygen atoms in total. The van der Waals surface area contributed by atoms with Gasteiger partial charge in [-0.1, -0.05) is 6.07 Å². The van der Waals surface area contributed by atoms with E-state index >= 15 is 0 Å². The summed E-state index contributed by atoms with van der Waals surface area (Å²) in [4.78, 5) is 1.14. The average Bonchev–Trinajstić information content (AvgIpc) is 2.87. The zero-order chi connectivity index (χ0) is 13.1. The molecule has 0 unspecified atom stereocenters. The second kappa shape index (κ2) is 5.91. The van der Waals surface area contributed by atoms with Crippen LogP contribution in [-0.4, -0.2) is 0 Å². The molecule has 0 spiro atoms. The van der Waals surface area contributed by atoms with Crippen LogP contribution in [0.5, 0.6) is 0 Å². The second-order valence-electron chi connectivity index (χ2n) is 3.94. The predicted molar refractivity (Wildman–Crippen MR) is 73.6 cm³/mol. The Morgan fingerprint density at radius 3 is 2.78 bits per heavy atom. The summed E-state index contributed by atoms with van der Waals surface area (Å²) in [5.74, 6) is -1.07. The number of rotatable bonds is 4. The van der Waals surface area contributed by atoms with Crippen molar-refractivity contribution in [2.75, 3.05) is 0 Å². The Hall–Kier alpha value is -0.780. The molecule has 1 atom stereocenters. The van der Waals surface area contributed by atoms with E-state index in [9.17, 15) is 8.78 Å². The van der Waals surface area contributed by atoms with Gasteiger partial charge in [-0.05, 0) is 46.4 Å². The van der Waals surface area contributed by atoms with Crippen molar-refractivity contribution in [3.8, 4) is 0 Å². The third-order valence-corrected chi connectivity index (χ3v) is 4.36. The summed E-state index contributed by atoms with van der Waals surface area (Å²) in [6.45, 7) is 2.13. The number of nitrogens with one attached hydrogen (secondary N) is 1. The number of thiophene rings is 1. The zero-order valence-electron chi connectivity index (χ0n) is 9.71. The maximum absolute atomic E-state index is 13.7. The molecule has 0 amide bonds. The topological polar surface area (TPSA) is 12.0 Å². The highest BCUT2D eigenvalue weighted by molar-refractivity contribution is 9.10. The maximum atomic E-state index is 13.7. The fraction of sp³-hybridized carbons (Fsp3) is 0.231. The maximum Gasteiger partial charge on any atom is 0.144 e. The molecule has 1 heterocycles. The van der Waals surface area contributed by atoms with Crippen LogP contribution in [-0.2, 0) is 6.54 Å². The molecule has 96 valence electrons. The lowest BCUT2D eigenvalue weighted by atomic mass is 10.2. The van der Waals surface area contributed by atoms with Crippen LogP contribution in [0.3, 0.4) is 0 Å². The average molecular weight is 332 g/mol. The van der Waals surface area contributed by atoms with Gasteiger partial charge >= 0.3 is 0 Å². The Bertz CT molecular complexity index is 528. The highest BCUT2D eigenvalue weighted by Crippen LogP contribution is 2.23. The van der Waals surface area contributed by atoms with Crippen molar-refractivity contribution in [3.05, 3.63) is 56.2 Å². The molecular formula is C13H12BrF2NS.